The average Bonchev–Trinajstić information content (AvgIpc) is 3.13. The first-order valence-electron chi connectivity index (χ1n) is 10.7. The number of hydrogen-bond acceptors (Lipinski definition) is 4. The van der Waals surface area contributed by atoms with Gasteiger partial charge in [-0.05, 0) is 67.9 Å². The molecule has 0 heterocycles. The summed E-state index contributed by atoms with van der Waals surface area (Å²) in [4.78, 5) is 10.8. The third-order valence-electron chi connectivity index (χ3n) is 5.63. The van der Waals surface area contributed by atoms with Crippen molar-refractivity contribution in [3.63, 3.8) is 0 Å². The third kappa shape index (κ3) is 8.20. The minimum atomic E-state index is -1.09. The second-order valence-corrected chi connectivity index (χ2v) is 9.74. The zero-order chi connectivity index (χ0) is 23.3. The number of aliphatic hydroxyl groups is 1. The molecule has 0 aromatic heterocycles. The second-order valence-electron chi connectivity index (χ2n) is 8.96. The molecule has 0 fully saturated rings. The van der Waals surface area contributed by atoms with Crippen LogP contribution in [0.25, 0.3) is 6.08 Å². The van der Waals surface area contributed by atoms with Gasteiger partial charge in [-0.1, -0.05) is 47.5 Å². The molecule has 0 aliphatic heterocycles. The number of β-amino-alcohol motifs (C(OH)–C–C–N with tert-alkyl or cyclic N) is 1. The Bertz CT molecular complexity index is 969. The van der Waals surface area contributed by atoms with E-state index in [9.17, 15) is 9.90 Å². The van der Waals surface area contributed by atoms with E-state index in [0.29, 0.717) is 23.8 Å². The first kappa shape index (κ1) is 27.5. The van der Waals surface area contributed by atoms with E-state index >= 15 is 0 Å². The van der Waals surface area contributed by atoms with Crippen molar-refractivity contribution in [2.75, 3.05) is 13.2 Å². The van der Waals surface area contributed by atoms with E-state index in [1.54, 1.807) is 12.1 Å². The monoisotopic (exact) mass is 513 g/mol. The van der Waals surface area contributed by atoms with Gasteiger partial charge in [-0.15, -0.1) is 12.4 Å². The van der Waals surface area contributed by atoms with Crippen molar-refractivity contribution in [1.29, 1.82) is 0 Å². The van der Waals surface area contributed by atoms with E-state index < -0.39 is 12.1 Å². The molecule has 0 spiro atoms. The first-order valence-corrected chi connectivity index (χ1v) is 11.4. The predicted octanol–water partition coefficient (Wildman–Crippen LogP) is 5.43. The number of fused-ring (bicyclic) bond motifs is 1. The van der Waals surface area contributed by atoms with Crippen molar-refractivity contribution in [3.05, 3.63) is 69.2 Å². The molecular formula is C25H30Cl3NO4. The molecule has 0 radical (unpaired) electrons. The van der Waals surface area contributed by atoms with Crippen LogP contribution in [0, 0.1) is 5.92 Å². The summed E-state index contributed by atoms with van der Waals surface area (Å²) >= 11 is 12.2. The van der Waals surface area contributed by atoms with E-state index in [1.165, 1.54) is 17.2 Å². The Hall–Kier alpha value is -1.76. The third-order valence-corrected chi connectivity index (χ3v) is 6.45. The number of carboxylic acid groups (broad SMARTS) is 1. The Labute approximate surface area is 211 Å². The molecule has 0 saturated heterocycles. The summed E-state index contributed by atoms with van der Waals surface area (Å²) in [6, 6.07) is 11.8. The Morgan fingerprint density at radius 2 is 1.88 bits per heavy atom. The Balaban J connectivity index is 0.00000385. The van der Waals surface area contributed by atoms with Gasteiger partial charge >= 0.3 is 5.97 Å². The van der Waals surface area contributed by atoms with Crippen LogP contribution in [0.1, 0.15) is 37.0 Å². The molecule has 0 amide bonds. The molecule has 2 aromatic carbocycles. The molecule has 180 valence electrons. The smallest absolute Gasteiger partial charge is 0.328 e. The molecule has 1 atom stereocenters. The van der Waals surface area contributed by atoms with E-state index in [0.717, 1.165) is 25.3 Å². The molecule has 3 N–H and O–H groups in total. The van der Waals surface area contributed by atoms with Crippen LogP contribution in [-0.2, 0) is 17.6 Å². The zero-order valence-electron chi connectivity index (χ0n) is 18.7. The quantitative estimate of drug-likeness (QED) is 0.369. The number of benzene rings is 2. The second kappa shape index (κ2) is 12.1. The van der Waals surface area contributed by atoms with Crippen molar-refractivity contribution in [3.8, 4) is 5.75 Å². The van der Waals surface area contributed by atoms with Gasteiger partial charge in [-0.2, -0.15) is 0 Å². The maximum Gasteiger partial charge on any atom is 0.328 e. The molecule has 3 rings (SSSR count). The first-order chi connectivity index (χ1) is 15.1. The van der Waals surface area contributed by atoms with Crippen LogP contribution in [-0.4, -0.2) is 41.0 Å². The van der Waals surface area contributed by atoms with Crippen molar-refractivity contribution < 1.29 is 19.7 Å². The average molecular weight is 515 g/mol. The van der Waals surface area contributed by atoms with Gasteiger partial charge in [-0.25, -0.2) is 4.79 Å². The number of aliphatic hydroxyl groups excluding tert-OH is 1. The maximum absolute atomic E-state index is 10.8. The summed E-state index contributed by atoms with van der Waals surface area (Å²) in [5.74, 6) is -0.0858. The molecule has 2 aromatic rings. The van der Waals surface area contributed by atoms with Crippen molar-refractivity contribution in [2.45, 2.75) is 44.8 Å². The van der Waals surface area contributed by atoms with E-state index in [-0.39, 0.29) is 34.6 Å². The zero-order valence-corrected chi connectivity index (χ0v) is 21.0. The summed E-state index contributed by atoms with van der Waals surface area (Å²) in [5.41, 5.74) is 3.20. The molecule has 0 saturated carbocycles. The lowest BCUT2D eigenvalue weighted by Crippen LogP contribution is -2.46. The van der Waals surface area contributed by atoms with Crippen LogP contribution in [0.2, 0.25) is 10.0 Å². The van der Waals surface area contributed by atoms with Gasteiger partial charge in [0, 0.05) is 24.2 Å². The molecule has 8 heteroatoms. The van der Waals surface area contributed by atoms with Gasteiger partial charge in [-0.3, -0.25) is 0 Å². The molecule has 1 aliphatic carbocycles. The lowest BCUT2D eigenvalue weighted by atomic mass is 9.88. The summed E-state index contributed by atoms with van der Waals surface area (Å²) in [5, 5.41) is 23.2. The van der Waals surface area contributed by atoms with Gasteiger partial charge in [0.25, 0.3) is 0 Å². The van der Waals surface area contributed by atoms with Crippen LogP contribution in [0.5, 0.6) is 5.75 Å². The maximum atomic E-state index is 10.8. The number of ether oxygens (including phenoxy) is 1. The van der Waals surface area contributed by atoms with E-state index in [2.05, 4.69) is 43.4 Å². The molecule has 0 bridgehead atoms. The number of aliphatic carboxylic acids is 1. The highest BCUT2D eigenvalue weighted by molar-refractivity contribution is 6.43. The number of halogens is 3. The Morgan fingerprint density at radius 3 is 2.48 bits per heavy atom. The van der Waals surface area contributed by atoms with Crippen LogP contribution in [0.15, 0.2) is 42.5 Å². The number of carbonyl (C=O) groups is 1. The summed E-state index contributed by atoms with van der Waals surface area (Å²) < 4.78 is 5.68. The lowest BCUT2D eigenvalue weighted by Gasteiger charge is -2.30. The summed E-state index contributed by atoms with van der Waals surface area (Å²) in [6.07, 6.45) is 4.83. The molecule has 33 heavy (non-hydrogen) atoms. The fourth-order valence-electron chi connectivity index (χ4n) is 4.18. The van der Waals surface area contributed by atoms with Crippen LogP contribution in [0.4, 0.5) is 0 Å². The minimum Gasteiger partial charge on any atom is -0.491 e. The van der Waals surface area contributed by atoms with Gasteiger partial charge in [0.1, 0.15) is 18.5 Å². The normalized spacial score (nSPS) is 14.7. The van der Waals surface area contributed by atoms with Gasteiger partial charge in [0.15, 0.2) is 0 Å². The van der Waals surface area contributed by atoms with Crippen molar-refractivity contribution >= 4 is 47.7 Å². The number of rotatable bonds is 10. The fraction of sp³-hybridized carbons (Fsp3) is 0.400. The highest BCUT2D eigenvalue weighted by Gasteiger charge is 2.28. The number of hydrogen-bond donors (Lipinski definition) is 3. The lowest BCUT2D eigenvalue weighted by molar-refractivity contribution is -0.131. The van der Waals surface area contributed by atoms with Crippen LogP contribution in [0.3, 0.4) is 0 Å². The molecule has 1 aliphatic rings. The molecule has 1 unspecified atom stereocenters. The Morgan fingerprint density at radius 1 is 1.24 bits per heavy atom. The standard InChI is InChI=1S/C25H29Cl2NO4.ClH/c1-25(2,13-16-9-17-5-3-4-6-18(17)10-16)28-14-20(29)15-32-21-11-19(7-8-23(30)31)24(27)22(26)12-21;/h3-8,11-12,16,20,28-29H,9-10,13-15H2,1-2H3,(H,30,31);1H. The van der Waals surface area contributed by atoms with Crippen molar-refractivity contribution in [1.82, 2.24) is 5.32 Å². The van der Waals surface area contributed by atoms with E-state index in [1.807, 2.05) is 0 Å². The van der Waals surface area contributed by atoms with Crippen LogP contribution >= 0.6 is 35.6 Å². The topological polar surface area (TPSA) is 78.8 Å². The van der Waals surface area contributed by atoms with Gasteiger partial charge in [0.05, 0.1) is 10.0 Å². The minimum absolute atomic E-state index is 0. The van der Waals surface area contributed by atoms with Crippen molar-refractivity contribution in [2.24, 2.45) is 5.92 Å². The van der Waals surface area contributed by atoms with Crippen LogP contribution < -0.4 is 10.1 Å². The molecule has 5 nitrogen and oxygen atoms in total. The molecular weight excluding hydrogens is 485 g/mol. The SMILES string of the molecule is CC(C)(CC1Cc2ccccc2C1)NCC(O)COc1cc(Cl)c(Cl)c(C=CC(=O)O)c1.Cl. The largest absolute Gasteiger partial charge is 0.491 e. The summed E-state index contributed by atoms with van der Waals surface area (Å²) in [7, 11) is 0. The number of nitrogens with one attached hydrogen (secondary N) is 1. The Kier molecular flexibility index (Phi) is 10.1. The highest BCUT2D eigenvalue weighted by Crippen LogP contribution is 2.33. The van der Waals surface area contributed by atoms with Gasteiger partial charge < -0.3 is 20.3 Å². The highest BCUT2D eigenvalue weighted by atomic mass is 35.5. The van der Waals surface area contributed by atoms with Gasteiger partial charge in [0.2, 0.25) is 0 Å². The van der Waals surface area contributed by atoms with E-state index in [4.69, 9.17) is 33.0 Å². The fourth-order valence-corrected chi connectivity index (χ4v) is 4.57. The predicted molar refractivity (Wildman–Crippen MR) is 136 cm³/mol. The summed E-state index contributed by atoms with van der Waals surface area (Å²) in [6.45, 7) is 4.77. The number of carboxylic acids is 1.